The van der Waals surface area contributed by atoms with E-state index in [-0.39, 0.29) is 35.4 Å². The summed E-state index contributed by atoms with van der Waals surface area (Å²) in [4.78, 5) is 5.06. The van der Waals surface area contributed by atoms with Crippen molar-refractivity contribution < 1.29 is 13.7 Å². The van der Waals surface area contributed by atoms with Crippen LogP contribution in [0.25, 0.3) is 83.0 Å². The van der Waals surface area contributed by atoms with Gasteiger partial charge in [-0.1, -0.05) is 151 Å². The second kappa shape index (κ2) is 11.3. The van der Waals surface area contributed by atoms with E-state index >= 15 is 0 Å². The summed E-state index contributed by atoms with van der Waals surface area (Å²) in [6.45, 7) is 0. The van der Waals surface area contributed by atoms with E-state index in [2.05, 4.69) is 0 Å². The number of fused-ring (bicyclic) bond motifs is 3. The molecule has 47 heavy (non-hydrogen) atoms. The number of rotatable bonds is 5. The normalized spacial score (nSPS) is 14.4. The Kier molecular flexibility index (Phi) is 4.48. The van der Waals surface area contributed by atoms with Crippen LogP contribution >= 0.6 is 0 Å². The summed E-state index contributed by atoms with van der Waals surface area (Å²) < 4.78 is 88.6. The van der Waals surface area contributed by atoms with Gasteiger partial charge in [-0.25, -0.2) is 4.98 Å². The van der Waals surface area contributed by atoms with Crippen LogP contribution in [0.5, 0.6) is 0 Å². The van der Waals surface area contributed by atoms with Crippen molar-refractivity contribution in [3.63, 3.8) is 0 Å². The molecule has 9 rings (SSSR count). The minimum atomic E-state index is -0.493. The van der Waals surface area contributed by atoms with Gasteiger partial charge < -0.3 is 0 Å². The Morgan fingerprint density at radius 3 is 1.85 bits per heavy atom. The van der Waals surface area contributed by atoms with Crippen molar-refractivity contribution in [1.29, 1.82) is 0 Å². The first kappa shape index (κ1) is 18.7. The molecule has 2 heteroatoms. The summed E-state index contributed by atoms with van der Waals surface area (Å²) in [6.07, 6.45) is 0. The maximum absolute atomic E-state index is 9.09. The maximum Gasteiger partial charge on any atom is 0.146 e. The summed E-state index contributed by atoms with van der Waals surface area (Å²) in [7, 11) is 0. The molecule has 9 aromatic rings. The molecule has 1 aromatic heterocycles. The fourth-order valence-electron chi connectivity index (χ4n) is 6.61. The standard InChI is InChI=1S/C45H30N2/c1-4-16-31(17-5-1)33-28-29-38-40(30-33)43(32-18-6-2-7-19-32)35-22-10-11-23-36(35)44(38)37-24-12-13-25-39(37)45-46-41-26-14-15-27-42(41)47(45)34-20-8-3-9-21-34/h1-30H/i2D,3D,6D,7D,8D,9D,18D,19D,20D,21D. The van der Waals surface area contributed by atoms with Gasteiger partial charge in [-0.2, -0.15) is 0 Å². The van der Waals surface area contributed by atoms with Crippen molar-refractivity contribution in [2.75, 3.05) is 0 Å². The highest BCUT2D eigenvalue weighted by molar-refractivity contribution is 6.23. The molecule has 0 aliphatic carbocycles. The predicted octanol–water partition coefficient (Wildman–Crippen LogP) is 12.0. The molecular formula is C45H30N2. The molecule has 0 fully saturated rings. The fraction of sp³-hybridized carbons (Fsp3) is 0. The minimum absolute atomic E-state index is 0.0294. The van der Waals surface area contributed by atoms with Crippen molar-refractivity contribution in [2.24, 2.45) is 0 Å². The Balaban J connectivity index is 1.44. The number of benzene rings is 8. The molecule has 0 unspecified atom stereocenters. The van der Waals surface area contributed by atoms with Crippen LogP contribution in [0.1, 0.15) is 13.7 Å². The second-order valence-electron chi connectivity index (χ2n) is 11.2. The van der Waals surface area contributed by atoms with Crippen LogP contribution < -0.4 is 0 Å². The number of aromatic nitrogens is 2. The highest BCUT2D eigenvalue weighted by atomic mass is 15.1. The third-order valence-electron chi connectivity index (χ3n) is 8.59. The van der Waals surface area contributed by atoms with Gasteiger partial charge >= 0.3 is 0 Å². The van der Waals surface area contributed by atoms with Gasteiger partial charge in [0.1, 0.15) is 5.82 Å². The largest absolute Gasteiger partial charge is 0.292 e. The highest BCUT2D eigenvalue weighted by Crippen LogP contribution is 2.47. The van der Waals surface area contributed by atoms with Crippen LogP contribution in [0.15, 0.2) is 182 Å². The Morgan fingerprint density at radius 2 is 1.06 bits per heavy atom. The lowest BCUT2D eigenvalue weighted by molar-refractivity contribution is 1.10. The molecule has 8 aromatic carbocycles. The molecule has 0 spiro atoms. The van der Waals surface area contributed by atoms with Gasteiger partial charge in [0, 0.05) is 11.3 Å². The van der Waals surface area contributed by atoms with E-state index in [4.69, 9.17) is 18.7 Å². The third-order valence-corrected chi connectivity index (χ3v) is 8.59. The van der Waals surface area contributed by atoms with Gasteiger partial charge in [-0.3, -0.25) is 4.57 Å². The molecule has 0 amide bonds. The smallest absolute Gasteiger partial charge is 0.146 e. The van der Waals surface area contributed by atoms with Crippen molar-refractivity contribution >= 4 is 32.6 Å². The van der Waals surface area contributed by atoms with Gasteiger partial charge in [0.05, 0.1) is 24.7 Å². The van der Waals surface area contributed by atoms with Crippen LogP contribution in [-0.4, -0.2) is 9.55 Å². The van der Waals surface area contributed by atoms with E-state index in [1.807, 2.05) is 115 Å². The molecule has 0 N–H and O–H groups in total. The van der Waals surface area contributed by atoms with Crippen LogP contribution in [0.2, 0.25) is 0 Å². The topological polar surface area (TPSA) is 17.8 Å². The average Bonchev–Trinajstić information content (AvgIpc) is 3.62. The van der Waals surface area contributed by atoms with Crippen molar-refractivity contribution in [2.45, 2.75) is 0 Å². The van der Waals surface area contributed by atoms with Crippen LogP contribution in [0.3, 0.4) is 0 Å². The molecule has 0 aliphatic rings. The molecule has 0 saturated heterocycles. The zero-order valence-corrected chi connectivity index (χ0v) is 24.9. The highest BCUT2D eigenvalue weighted by Gasteiger charge is 2.22. The number of hydrogen-bond donors (Lipinski definition) is 0. The molecule has 0 bridgehead atoms. The van der Waals surface area contributed by atoms with E-state index in [9.17, 15) is 0 Å². The van der Waals surface area contributed by atoms with E-state index in [1.165, 1.54) is 0 Å². The summed E-state index contributed by atoms with van der Waals surface area (Å²) in [6, 6.07) is 34.2. The monoisotopic (exact) mass is 608 g/mol. The van der Waals surface area contributed by atoms with Gasteiger partial charge in [-0.15, -0.1) is 0 Å². The van der Waals surface area contributed by atoms with Gasteiger partial charge in [-0.05, 0) is 85.2 Å². The number of nitrogens with zero attached hydrogens (tertiary/aromatic N) is 2. The molecule has 1 heterocycles. The van der Waals surface area contributed by atoms with Crippen molar-refractivity contribution in [1.82, 2.24) is 9.55 Å². The van der Waals surface area contributed by atoms with E-state index < -0.39 is 36.3 Å². The Bertz CT molecular complexity index is 3080. The average molecular weight is 609 g/mol. The molecular weight excluding hydrogens is 569 g/mol. The summed E-state index contributed by atoms with van der Waals surface area (Å²) in [5, 5.41) is 2.82. The summed E-state index contributed by atoms with van der Waals surface area (Å²) in [5.41, 5.74) is 5.62. The van der Waals surface area contributed by atoms with Gasteiger partial charge in [0.25, 0.3) is 0 Å². The number of imidazole rings is 1. The lowest BCUT2D eigenvalue weighted by Gasteiger charge is -2.20. The first-order valence-electron chi connectivity index (χ1n) is 20.2. The Morgan fingerprint density at radius 1 is 0.447 bits per heavy atom. The van der Waals surface area contributed by atoms with Crippen molar-refractivity contribution in [3.8, 4) is 50.5 Å². The zero-order chi connectivity index (χ0) is 39.9. The molecule has 220 valence electrons. The van der Waals surface area contributed by atoms with E-state index in [1.54, 1.807) is 10.6 Å². The molecule has 0 atom stereocenters. The lowest BCUT2D eigenvalue weighted by atomic mass is 9.83. The zero-order valence-electron chi connectivity index (χ0n) is 34.9. The molecule has 0 radical (unpaired) electrons. The first-order chi connectivity index (χ1) is 27.5. The van der Waals surface area contributed by atoms with E-state index in [0.717, 1.165) is 33.0 Å². The SMILES string of the molecule is [2H]c1c([2H])c([2H])c(-c2c3ccccc3c(-c3ccccc3-c3nc4ccccc4n3-c3c([2H])c([2H])c([2H])c([2H])c3[2H])c3ccc(-c4ccccc4)cc23)c([2H])c1[2H]. The van der Waals surface area contributed by atoms with Crippen LogP contribution in [-0.2, 0) is 0 Å². The minimum Gasteiger partial charge on any atom is -0.292 e. The van der Waals surface area contributed by atoms with E-state index in [0.29, 0.717) is 38.8 Å². The second-order valence-corrected chi connectivity index (χ2v) is 11.2. The third kappa shape index (κ3) is 4.54. The van der Waals surface area contributed by atoms with Crippen molar-refractivity contribution in [3.05, 3.63) is 182 Å². The van der Waals surface area contributed by atoms with Gasteiger partial charge in [0.2, 0.25) is 0 Å². The molecule has 0 saturated carbocycles. The summed E-state index contributed by atoms with van der Waals surface area (Å²) >= 11 is 0. The Labute approximate surface area is 287 Å². The van der Waals surface area contributed by atoms with Crippen LogP contribution in [0, 0.1) is 0 Å². The lowest BCUT2D eigenvalue weighted by Crippen LogP contribution is -1.99. The van der Waals surface area contributed by atoms with Gasteiger partial charge in [0.15, 0.2) is 0 Å². The first-order valence-corrected chi connectivity index (χ1v) is 15.2. The molecule has 2 nitrogen and oxygen atoms in total. The number of hydrogen-bond acceptors (Lipinski definition) is 1. The summed E-state index contributed by atoms with van der Waals surface area (Å²) in [5.74, 6) is 0.359. The molecule has 0 aliphatic heterocycles. The predicted molar refractivity (Wildman–Crippen MR) is 198 cm³/mol. The fourth-order valence-corrected chi connectivity index (χ4v) is 6.61. The maximum atomic E-state index is 9.09. The Hall–Kier alpha value is -6.25. The quantitative estimate of drug-likeness (QED) is 0.178. The number of para-hydroxylation sites is 3. The van der Waals surface area contributed by atoms with Crippen LogP contribution in [0.4, 0.5) is 0 Å².